The molecule has 1 aromatic carbocycles. The quantitative estimate of drug-likeness (QED) is 0.530. The number of hydrogen-bond donors (Lipinski definition) is 1. The van der Waals surface area contributed by atoms with Gasteiger partial charge in [-0.1, -0.05) is 18.2 Å². The Hall–Kier alpha value is -1.22. The summed E-state index contributed by atoms with van der Waals surface area (Å²) in [6, 6.07) is 10.4. The number of halogens is 1. The number of unbranched alkanes of at least 4 members (excludes halogenated alkanes) is 1. The minimum atomic E-state index is 0.137. The van der Waals surface area contributed by atoms with E-state index in [1.54, 1.807) is 0 Å². The van der Waals surface area contributed by atoms with Crippen LogP contribution in [0.1, 0.15) is 32.6 Å². The summed E-state index contributed by atoms with van der Waals surface area (Å²) >= 11 is 5.58. The summed E-state index contributed by atoms with van der Waals surface area (Å²) in [5.41, 5.74) is 1.24. The molecule has 0 aliphatic heterocycles. The molecule has 0 unspecified atom stereocenters. The molecule has 112 valence electrons. The zero-order valence-corrected chi connectivity index (χ0v) is 13.0. The normalized spacial score (nSPS) is 10.3. The molecule has 0 spiro atoms. The molecule has 1 N–H and O–H groups in total. The number of carbonyl (C=O) groups excluding carboxylic acids is 1. The van der Waals surface area contributed by atoms with E-state index in [4.69, 9.17) is 11.6 Å². The maximum absolute atomic E-state index is 11.5. The third-order valence-electron chi connectivity index (χ3n) is 3.22. The first-order chi connectivity index (χ1) is 9.77. The van der Waals surface area contributed by atoms with Crippen LogP contribution in [-0.2, 0) is 4.79 Å². The van der Waals surface area contributed by atoms with Crippen molar-refractivity contribution in [1.29, 1.82) is 0 Å². The van der Waals surface area contributed by atoms with Crippen molar-refractivity contribution in [3.63, 3.8) is 0 Å². The van der Waals surface area contributed by atoms with Gasteiger partial charge in [-0.25, -0.2) is 0 Å². The molecule has 1 aromatic rings. The minimum Gasteiger partial charge on any atom is -0.372 e. The fraction of sp³-hybridized carbons (Fsp3) is 0.562. The molecule has 1 rings (SSSR count). The molecule has 4 heteroatoms. The van der Waals surface area contributed by atoms with Gasteiger partial charge < -0.3 is 10.2 Å². The predicted molar refractivity (Wildman–Crippen MR) is 86.5 cm³/mol. The highest BCUT2D eigenvalue weighted by Gasteiger charge is 2.04. The number of amides is 1. The van der Waals surface area contributed by atoms with Gasteiger partial charge in [0.15, 0.2) is 0 Å². The Kier molecular flexibility index (Phi) is 8.88. The largest absolute Gasteiger partial charge is 0.372 e. The van der Waals surface area contributed by atoms with Gasteiger partial charge in [0.2, 0.25) is 5.91 Å². The van der Waals surface area contributed by atoms with Crippen molar-refractivity contribution in [3.8, 4) is 0 Å². The summed E-state index contributed by atoms with van der Waals surface area (Å²) in [5.74, 6) is 0.772. The number of nitrogens with one attached hydrogen (secondary N) is 1. The molecule has 0 bridgehead atoms. The number of alkyl halides is 1. The van der Waals surface area contributed by atoms with E-state index >= 15 is 0 Å². The van der Waals surface area contributed by atoms with Crippen LogP contribution in [0, 0.1) is 0 Å². The lowest BCUT2D eigenvalue weighted by Crippen LogP contribution is -2.29. The number of para-hydroxylation sites is 1. The smallest absolute Gasteiger partial charge is 0.219 e. The molecule has 0 atom stereocenters. The van der Waals surface area contributed by atoms with Crippen LogP contribution in [0.5, 0.6) is 0 Å². The van der Waals surface area contributed by atoms with Crippen molar-refractivity contribution in [2.75, 3.05) is 30.4 Å². The predicted octanol–water partition coefficient (Wildman–Crippen LogP) is 3.43. The molecule has 0 heterocycles. The summed E-state index contributed by atoms with van der Waals surface area (Å²) in [7, 11) is 0. The number of hydrogen-bond acceptors (Lipinski definition) is 2. The van der Waals surface area contributed by atoms with Crippen LogP contribution in [0.4, 0.5) is 5.69 Å². The van der Waals surface area contributed by atoms with E-state index in [2.05, 4.69) is 41.4 Å². The Morgan fingerprint density at radius 1 is 1.20 bits per heavy atom. The molecule has 0 saturated carbocycles. The maximum atomic E-state index is 11.5. The van der Waals surface area contributed by atoms with E-state index in [0.717, 1.165) is 38.9 Å². The van der Waals surface area contributed by atoms with Gasteiger partial charge in [-0.05, 0) is 38.3 Å². The van der Waals surface area contributed by atoms with Gasteiger partial charge >= 0.3 is 0 Å². The second-order valence-corrected chi connectivity index (χ2v) is 5.14. The second kappa shape index (κ2) is 10.6. The number of benzene rings is 1. The molecule has 0 saturated heterocycles. The van der Waals surface area contributed by atoms with Gasteiger partial charge in [0.25, 0.3) is 0 Å². The summed E-state index contributed by atoms with van der Waals surface area (Å²) in [6.45, 7) is 4.83. The Bertz CT molecular complexity index is 370. The molecule has 0 aliphatic carbocycles. The van der Waals surface area contributed by atoms with E-state index in [0.29, 0.717) is 12.3 Å². The van der Waals surface area contributed by atoms with Crippen molar-refractivity contribution in [1.82, 2.24) is 5.32 Å². The molecular weight excluding hydrogens is 272 g/mol. The average molecular weight is 297 g/mol. The van der Waals surface area contributed by atoms with E-state index in [1.807, 2.05) is 6.07 Å². The summed E-state index contributed by atoms with van der Waals surface area (Å²) in [5, 5.41) is 2.96. The lowest BCUT2D eigenvalue weighted by Gasteiger charge is -2.23. The highest BCUT2D eigenvalue weighted by Crippen LogP contribution is 2.12. The lowest BCUT2D eigenvalue weighted by atomic mass is 10.2. The Balaban J connectivity index is 2.17. The van der Waals surface area contributed by atoms with Crippen LogP contribution in [0.3, 0.4) is 0 Å². The van der Waals surface area contributed by atoms with Crippen molar-refractivity contribution >= 4 is 23.2 Å². The van der Waals surface area contributed by atoms with Gasteiger partial charge in [-0.15, -0.1) is 11.6 Å². The fourth-order valence-electron chi connectivity index (χ4n) is 2.07. The standard InChI is InChI=1S/C16H25ClN2O/c1-2-19(15-9-4-3-5-10-15)14-8-13-18-16(20)11-6-7-12-17/h3-5,9-10H,2,6-8,11-14H2,1H3,(H,18,20). The molecule has 0 radical (unpaired) electrons. The molecule has 20 heavy (non-hydrogen) atoms. The number of carbonyl (C=O) groups is 1. The Labute approximate surface area is 127 Å². The number of anilines is 1. The summed E-state index contributed by atoms with van der Waals surface area (Å²) in [6.07, 6.45) is 3.33. The van der Waals surface area contributed by atoms with Crippen LogP contribution in [0.15, 0.2) is 30.3 Å². The highest BCUT2D eigenvalue weighted by atomic mass is 35.5. The lowest BCUT2D eigenvalue weighted by molar-refractivity contribution is -0.121. The SMILES string of the molecule is CCN(CCCNC(=O)CCCCCl)c1ccccc1. The monoisotopic (exact) mass is 296 g/mol. The van der Waals surface area contributed by atoms with E-state index < -0.39 is 0 Å². The van der Waals surface area contributed by atoms with E-state index in [1.165, 1.54) is 5.69 Å². The van der Waals surface area contributed by atoms with Crippen molar-refractivity contribution in [3.05, 3.63) is 30.3 Å². The Morgan fingerprint density at radius 3 is 2.60 bits per heavy atom. The van der Waals surface area contributed by atoms with Crippen molar-refractivity contribution in [2.45, 2.75) is 32.6 Å². The zero-order chi connectivity index (χ0) is 14.6. The first kappa shape index (κ1) is 16.8. The summed E-state index contributed by atoms with van der Waals surface area (Å²) in [4.78, 5) is 13.9. The third kappa shape index (κ3) is 6.80. The van der Waals surface area contributed by atoms with Crippen LogP contribution >= 0.6 is 11.6 Å². The second-order valence-electron chi connectivity index (χ2n) is 4.76. The molecule has 1 amide bonds. The van der Waals surface area contributed by atoms with Crippen LogP contribution in [-0.4, -0.2) is 31.4 Å². The first-order valence-corrected chi connectivity index (χ1v) is 7.94. The highest BCUT2D eigenvalue weighted by molar-refractivity contribution is 6.17. The van der Waals surface area contributed by atoms with Gasteiger partial charge in [-0.2, -0.15) is 0 Å². The van der Waals surface area contributed by atoms with Gasteiger partial charge in [0.1, 0.15) is 0 Å². The van der Waals surface area contributed by atoms with Crippen LogP contribution in [0.2, 0.25) is 0 Å². The number of rotatable bonds is 10. The van der Waals surface area contributed by atoms with E-state index in [9.17, 15) is 4.79 Å². The topological polar surface area (TPSA) is 32.3 Å². The zero-order valence-electron chi connectivity index (χ0n) is 12.3. The Morgan fingerprint density at radius 2 is 1.95 bits per heavy atom. The van der Waals surface area contributed by atoms with Gasteiger partial charge in [0.05, 0.1) is 0 Å². The van der Waals surface area contributed by atoms with Gasteiger partial charge in [0, 0.05) is 37.6 Å². The average Bonchev–Trinajstić information content (AvgIpc) is 2.48. The van der Waals surface area contributed by atoms with E-state index in [-0.39, 0.29) is 5.91 Å². The molecular formula is C16H25ClN2O. The van der Waals surface area contributed by atoms with Crippen LogP contribution < -0.4 is 10.2 Å². The molecule has 0 fully saturated rings. The van der Waals surface area contributed by atoms with Crippen molar-refractivity contribution in [2.24, 2.45) is 0 Å². The third-order valence-corrected chi connectivity index (χ3v) is 3.48. The maximum Gasteiger partial charge on any atom is 0.219 e. The number of nitrogens with zero attached hydrogens (tertiary/aromatic N) is 1. The molecule has 0 aromatic heterocycles. The van der Waals surface area contributed by atoms with Gasteiger partial charge in [-0.3, -0.25) is 4.79 Å². The van der Waals surface area contributed by atoms with Crippen LogP contribution in [0.25, 0.3) is 0 Å². The molecule has 3 nitrogen and oxygen atoms in total. The minimum absolute atomic E-state index is 0.137. The first-order valence-electron chi connectivity index (χ1n) is 7.40. The van der Waals surface area contributed by atoms with Crippen molar-refractivity contribution < 1.29 is 4.79 Å². The molecule has 0 aliphatic rings. The fourth-order valence-corrected chi connectivity index (χ4v) is 2.26. The summed E-state index contributed by atoms with van der Waals surface area (Å²) < 4.78 is 0.